The maximum Gasteiger partial charge on any atom is 0.262 e. The van der Waals surface area contributed by atoms with Crippen LogP contribution in [0.5, 0.6) is 11.5 Å². The number of anilines is 1. The quantitative estimate of drug-likeness (QED) is 0.756. The zero-order valence-corrected chi connectivity index (χ0v) is 14.6. The monoisotopic (exact) mass is 341 g/mol. The van der Waals surface area contributed by atoms with Gasteiger partial charge in [0.2, 0.25) is 0 Å². The van der Waals surface area contributed by atoms with E-state index < -0.39 is 0 Å². The fourth-order valence-electron chi connectivity index (χ4n) is 2.22. The first-order valence-corrected chi connectivity index (χ1v) is 8.30. The average Bonchev–Trinajstić information content (AvgIpc) is 2.61. The Balaban J connectivity index is 1.78. The lowest BCUT2D eigenvalue weighted by atomic mass is 10.1. The van der Waals surface area contributed by atoms with Gasteiger partial charge in [-0.1, -0.05) is 12.1 Å². The van der Waals surface area contributed by atoms with Gasteiger partial charge >= 0.3 is 0 Å². The summed E-state index contributed by atoms with van der Waals surface area (Å²) in [6.07, 6.45) is 1.25. The molecule has 0 unspecified atom stereocenters. The standard InChI is InChI=1S/C20H23NO4/c1-3-24-18-12-8-17(9-13-18)21-20(23)14-25-19-10-6-16(7-11-19)5-4-15(2)22/h6-13H,3-5,14H2,1-2H3,(H,21,23). The molecule has 0 saturated heterocycles. The summed E-state index contributed by atoms with van der Waals surface area (Å²) in [6, 6.07) is 14.6. The molecule has 1 amide bonds. The van der Waals surface area contributed by atoms with Crippen molar-refractivity contribution in [3.05, 3.63) is 54.1 Å². The van der Waals surface area contributed by atoms with Crippen LogP contribution in [0, 0.1) is 0 Å². The smallest absolute Gasteiger partial charge is 0.262 e. The van der Waals surface area contributed by atoms with E-state index in [9.17, 15) is 9.59 Å². The van der Waals surface area contributed by atoms with E-state index in [0.717, 1.165) is 11.3 Å². The van der Waals surface area contributed by atoms with Crippen LogP contribution in [0.4, 0.5) is 5.69 Å². The molecule has 0 radical (unpaired) electrons. The van der Waals surface area contributed by atoms with Crippen molar-refractivity contribution in [3.8, 4) is 11.5 Å². The molecule has 2 aromatic carbocycles. The van der Waals surface area contributed by atoms with Crippen molar-refractivity contribution >= 4 is 17.4 Å². The lowest BCUT2D eigenvalue weighted by Gasteiger charge is -2.09. The molecule has 0 fully saturated rings. The number of hydrogen-bond acceptors (Lipinski definition) is 4. The van der Waals surface area contributed by atoms with Gasteiger partial charge in [0.1, 0.15) is 17.3 Å². The summed E-state index contributed by atoms with van der Waals surface area (Å²) >= 11 is 0. The molecule has 0 aromatic heterocycles. The molecule has 0 aliphatic carbocycles. The molecule has 1 N–H and O–H groups in total. The first-order valence-electron chi connectivity index (χ1n) is 8.30. The summed E-state index contributed by atoms with van der Waals surface area (Å²) in [5, 5.41) is 2.77. The third-order valence-corrected chi connectivity index (χ3v) is 3.51. The van der Waals surface area contributed by atoms with E-state index in [4.69, 9.17) is 9.47 Å². The van der Waals surface area contributed by atoms with Gasteiger partial charge in [-0.05, 0) is 62.2 Å². The number of hydrogen-bond donors (Lipinski definition) is 1. The Labute approximate surface area is 148 Å². The normalized spacial score (nSPS) is 10.2. The number of rotatable bonds is 9. The third-order valence-electron chi connectivity index (χ3n) is 3.51. The predicted molar refractivity (Wildman–Crippen MR) is 97.2 cm³/mol. The first kappa shape index (κ1) is 18.5. The number of carbonyl (C=O) groups is 2. The van der Waals surface area contributed by atoms with Crippen LogP contribution < -0.4 is 14.8 Å². The molecule has 0 atom stereocenters. The van der Waals surface area contributed by atoms with E-state index in [2.05, 4.69) is 5.32 Å². The summed E-state index contributed by atoms with van der Waals surface area (Å²) in [7, 11) is 0. The van der Waals surface area contributed by atoms with Gasteiger partial charge in [0.15, 0.2) is 6.61 Å². The molecular formula is C20H23NO4. The summed E-state index contributed by atoms with van der Waals surface area (Å²) in [4.78, 5) is 22.9. The molecule has 5 heteroatoms. The van der Waals surface area contributed by atoms with Gasteiger partial charge in [0, 0.05) is 12.1 Å². The molecule has 25 heavy (non-hydrogen) atoms. The fourth-order valence-corrected chi connectivity index (χ4v) is 2.22. The Hall–Kier alpha value is -2.82. The highest BCUT2D eigenvalue weighted by atomic mass is 16.5. The SMILES string of the molecule is CCOc1ccc(NC(=O)COc2ccc(CCC(C)=O)cc2)cc1. The van der Waals surface area contributed by atoms with Crippen LogP contribution in [0.3, 0.4) is 0 Å². The van der Waals surface area contributed by atoms with Crippen LogP contribution in [0.25, 0.3) is 0 Å². The van der Waals surface area contributed by atoms with Crippen LogP contribution in [0.15, 0.2) is 48.5 Å². The van der Waals surface area contributed by atoms with Gasteiger partial charge < -0.3 is 19.6 Å². The fraction of sp³-hybridized carbons (Fsp3) is 0.300. The second-order valence-electron chi connectivity index (χ2n) is 5.64. The molecule has 0 aliphatic heterocycles. The Morgan fingerprint density at radius 1 is 0.920 bits per heavy atom. The van der Waals surface area contributed by atoms with Crippen LogP contribution in [-0.4, -0.2) is 24.9 Å². The van der Waals surface area contributed by atoms with Crippen molar-refractivity contribution < 1.29 is 19.1 Å². The zero-order valence-electron chi connectivity index (χ0n) is 14.6. The van der Waals surface area contributed by atoms with Gasteiger partial charge in [0.25, 0.3) is 5.91 Å². The van der Waals surface area contributed by atoms with Gasteiger partial charge in [-0.2, -0.15) is 0 Å². The first-order chi connectivity index (χ1) is 12.1. The number of carbonyl (C=O) groups excluding carboxylic acids is 2. The van der Waals surface area contributed by atoms with E-state index in [1.165, 1.54) is 0 Å². The number of benzene rings is 2. The Bertz CT molecular complexity index is 693. The predicted octanol–water partition coefficient (Wildman–Crippen LogP) is 3.62. The van der Waals surface area contributed by atoms with Crippen molar-refractivity contribution in [3.63, 3.8) is 0 Å². The molecule has 132 valence electrons. The van der Waals surface area contributed by atoms with Crippen LogP contribution in [-0.2, 0) is 16.0 Å². The van der Waals surface area contributed by atoms with Gasteiger partial charge in [-0.15, -0.1) is 0 Å². The Kier molecular flexibility index (Phi) is 7.01. The van der Waals surface area contributed by atoms with Crippen molar-refractivity contribution in [2.75, 3.05) is 18.5 Å². The Morgan fingerprint density at radius 3 is 2.12 bits per heavy atom. The van der Waals surface area contributed by atoms with Gasteiger partial charge in [-0.25, -0.2) is 0 Å². The third kappa shape index (κ3) is 6.67. The lowest BCUT2D eigenvalue weighted by molar-refractivity contribution is -0.118. The van der Waals surface area contributed by atoms with Crippen LogP contribution >= 0.6 is 0 Å². The summed E-state index contributed by atoms with van der Waals surface area (Å²) < 4.78 is 10.8. The van der Waals surface area contributed by atoms with E-state index >= 15 is 0 Å². The summed E-state index contributed by atoms with van der Waals surface area (Å²) in [5.41, 5.74) is 1.76. The summed E-state index contributed by atoms with van der Waals surface area (Å²) in [5.74, 6) is 1.33. The van der Waals surface area contributed by atoms with Crippen molar-refractivity contribution in [2.24, 2.45) is 0 Å². The lowest BCUT2D eigenvalue weighted by Crippen LogP contribution is -2.20. The topological polar surface area (TPSA) is 64.6 Å². The minimum atomic E-state index is -0.232. The number of amides is 1. The maximum atomic E-state index is 11.9. The van der Waals surface area contributed by atoms with Gasteiger partial charge in [-0.3, -0.25) is 4.79 Å². The van der Waals surface area contributed by atoms with E-state index in [-0.39, 0.29) is 18.3 Å². The number of aryl methyl sites for hydroxylation is 1. The van der Waals surface area contributed by atoms with Crippen LogP contribution in [0.1, 0.15) is 25.8 Å². The van der Waals surface area contributed by atoms with Crippen molar-refractivity contribution in [1.29, 1.82) is 0 Å². The second kappa shape index (κ2) is 9.47. The highest BCUT2D eigenvalue weighted by Crippen LogP contribution is 2.16. The van der Waals surface area contributed by atoms with Crippen LogP contribution in [0.2, 0.25) is 0 Å². The molecule has 0 spiro atoms. The van der Waals surface area contributed by atoms with E-state index in [1.807, 2.05) is 19.1 Å². The van der Waals surface area contributed by atoms with Gasteiger partial charge in [0.05, 0.1) is 6.61 Å². The molecule has 0 heterocycles. The number of ketones is 1. The highest BCUT2D eigenvalue weighted by molar-refractivity contribution is 5.91. The molecular weight excluding hydrogens is 318 g/mol. The largest absolute Gasteiger partial charge is 0.494 e. The van der Waals surface area contributed by atoms with E-state index in [1.54, 1.807) is 43.3 Å². The molecule has 2 aromatic rings. The summed E-state index contributed by atoms with van der Waals surface area (Å²) in [6.45, 7) is 4.04. The molecule has 0 bridgehead atoms. The minimum absolute atomic E-state index is 0.0694. The minimum Gasteiger partial charge on any atom is -0.494 e. The molecule has 0 saturated carbocycles. The zero-order chi connectivity index (χ0) is 18.1. The molecule has 5 nitrogen and oxygen atoms in total. The maximum absolute atomic E-state index is 11.9. The molecule has 2 rings (SSSR count). The molecule has 0 aliphatic rings. The average molecular weight is 341 g/mol. The second-order valence-corrected chi connectivity index (χ2v) is 5.64. The number of Topliss-reactive ketones (excluding diaryl/α,β-unsaturated/α-hetero) is 1. The van der Waals surface area contributed by atoms with Crippen molar-refractivity contribution in [2.45, 2.75) is 26.7 Å². The van der Waals surface area contributed by atoms with Crippen molar-refractivity contribution in [1.82, 2.24) is 0 Å². The Morgan fingerprint density at radius 2 is 1.52 bits per heavy atom. The highest BCUT2D eigenvalue weighted by Gasteiger charge is 2.05. The van der Waals surface area contributed by atoms with E-state index in [0.29, 0.717) is 30.9 Å². The number of nitrogens with one attached hydrogen (secondary N) is 1. The number of ether oxygens (including phenoxy) is 2.